The smallest absolute Gasteiger partial charge is 0.411 e. The first-order valence-corrected chi connectivity index (χ1v) is 6.49. The molecule has 5 nitrogen and oxygen atoms in total. The van der Waals surface area contributed by atoms with E-state index in [9.17, 15) is 14.7 Å². The van der Waals surface area contributed by atoms with Crippen LogP contribution < -0.4 is 0 Å². The highest BCUT2D eigenvalue weighted by molar-refractivity contribution is 5.81. The lowest BCUT2D eigenvalue weighted by molar-refractivity contribution is -0.142. The Kier molecular flexibility index (Phi) is 4.40. The van der Waals surface area contributed by atoms with Gasteiger partial charge in [-0.3, -0.25) is 4.90 Å². The van der Waals surface area contributed by atoms with Gasteiger partial charge in [0.15, 0.2) is 0 Å². The lowest BCUT2D eigenvalue weighted by Crippen LogP contribution is -2.42. The van der Waals surface area contributed by atoms with Gasteiger partial charge in [0.2, 0.25) is 0 Å². The van der Waals surface area contributed by atoms with E-state index in [1.807, 2.05) is 30.3 Å². The summed E-state index contributed by atoms with van der Waals surface area (Å²) in [4.78, 5) is 24.7. The molecular weight excluding hydrogens is 258 g/mol. The van der Waals surface area contributed by atoms with Crippen LogP contribution in [0.25, 0.3) is 0 Å². The standard InChI is InChI=1S/C15H17NO4/c1-2-10-20-15(19)16-12(8-9-13(16)14(17)18)11-6-4-3-5-7-11/h2-7,12-13H,1,8-10H2,(H,17,18)/t12-,13-/m1/s1. The van der Waals surface area contributed by atoms with Crippen LogP contribution in [0.4, 0.5) is 4.79 Å². The Hall–Kier alpha value is -2.30. The molecule has 1 fully saturated rings. The SMILES string of the molecule is C=CCOC(=O)N1[C@@H](C(=O)O)CC[C@@H]1c1ccccc1. The van der Waals surface area contributed by atoms with Gasteiger partial charge in [-0.15, -0.1) is 0 Å². The van der Waals surface area contributed by atoms with Gasteiger partial charge in [-0.1, -0.05) is 43.0 Å². The quantitative estimate of drug-likeness (QED) is 0.858. The molecule has 0 unspecified atom stereocenters. The fourth-order valence-electron chi connectivity index (χ4n) is 2.52. The molecule has 0 saturated carbocycles. The molecule has 1 N–H and O–H groups in total. The second-order valence-electron chi connectivity index (χ2n) is 4.63. The highest BCUT2D eigenvalue weighted by Gasteiger charge is 2.42. The number of hydrogen-bond donors (Lipinski definition) is 1. The number of likely N-dealkylation sites (tertiary alicyclic amines) is 1. The number of rotatable bonds is 4. The van der Waals surface area contributed by atoms with Crippen molar-refractivity contribution in [3.63, 3.8) is 0 Å². The minimum atomic E-state index is -1.00. The molecule has 0 bridgehead atoms. The zero-order chi connectivity index (χ0) is 14.5. The third-order valence-electron chi connectivity index (χ3n) is 3.39. The molecule has 2 rings (SSSR count). The van der Waals surface area contributed by atoms with Crippen LogP contribution in [0.2, 0.25) is 0 Å². The van der Waals surface area contributed by atoms with E-state index in [-0.39, 0.29) is 12.6 Å². The molecule has 2 atom stereocenters. The molecular formula is C15H17NO4. The second kappa shape index (κ2) is 6.23. The van der Waals surface area contributed by atoms with Crippen molar-refractivity contribution in [2.75, 3.05) is 6.61 Å². The number of benzene rings is 1. The molecule has 1 aliphatic rings. The van der Waals surface area contributed by atoms with Crippen LogP contribution in [-0.2, 0) is 9.53 Å². The summed E-state index contributed by atoms with van der Waals surface area (Å²) in [6.07, 6.45) is 1.90. The van der Waals surface area contributed by atoms with Crippen LogP contribution in [0, 0.1) is 0 Å². The number of carboxylic acids is 1. The first kappa shape index (κ1) is 14.1. The van der Waals surface area contributed by atoms with Crippen LogP contribution in [0.1, 0.15) is 24.4 Å². The highest BCUT2D eigenvalue weighted by Crippen LogP contribution is 2.36. The van der Waals surface area contributed by atoms with Crippen molar-refractivity contribution in [2.24, 2.45) is 0 Å². The molecule has 1 aliphatic heterocycles. The maximum atomic E-state index is 12.1. The number of ether oxygens (including phenoxy) is 1. The molecule has 1 aromatic rings. The van der Waals surface area contributed by atoms with Gasteiger partial charge in [-0.25, -0.2) is 9.59 Å². The molecule has 0 spiro atoms. The molecule has 1 aromatic carbocycles. The number of carboxylic acid groups (broad SMARTS) is 1. The Bertz CT molecular complexity index is 500. The third-order valence-corrected chi connectivity index (χ3v) is 3.39. The van der Waals surface area contributed by atoms with E-state index >= 15 is 0 Å². The van der Waals surface area contributed by atoms with Gasteiger partial charge in [-0.2, -0.15) is 0 Å². The van der Waals surface area contributed by atoms with Gasteiger partial charge in [0.05, 0.1) is 6.04 Å². The first-order valence-electron chi connectivity index (χ1n) is 6.49. The Morgan fingerprint density at radius 2 is 2.05 bits per heavy atom. The molecule has 0 radical (unpaired) electrons. The number of nitrogens with zero attached hydrogens (tertiary/aromatic N) is 1. The summed E-state index contributed by atoms with van der Waals surface area (Å²) in [6.45, 7) is 3.55. The van der Waals surface area contributed by atoms with Crippen molar-refractivity contribution in [2.45, 2.75) is 24.9 Å². The Balaban J connectivity index is 2.25. The van der Waals surface area contributed by atoms with E-state index in [1.165, 1.54) is 11.0 Å². The average molecular weight is 275 g/mol. The Morgan fingerprint density at radius 1 is 1.35 bits per heavy atom. The summed E-state index contributed by atoms with van der Waals surface area (Å²) in [6, 6.07) is 8.32. The maximum Gasteiger partial charge on any atom is 0.411 e. The van der Waals surface area contributed by atoms with Gasteiger partial charge in [0.25, 0.3) is 0 Å². The van der Waals surface area contributed by atoms with Gasteiger partial charge >= 0.3 is 12.1 Å². The number of carbonyl (C=O) groups excluding carboxylic acids is 1. The fraction of sp³-hybridized carbons (Fsp3) is 0.333. The summed E-state index contributed by atoms with van der Waals surface area (Å²) in [5.74, 6) is -1.00. The van der Waals surface area contributed by atoms with Crippen molar-refractivity contribution in [1.29, 1.82) is 0 Å². The van der Waals surface area contributed by atoms with Crippen molar-refractivity contribution >= 4 is 12.1 Å². The van der Waals surface area contributed by atoms with Gasteiger partial charge in [0.1, 0.15) is 12.6 Å². The fourth-order valence-corrected chi connectivity index (χ4v) is 2.52. The van der Waals surface area contributed by atoms with E-state index in [2.05, 4.69) is 6.58 Å². The monoisotopic (exact) mass is 275 g/mol. The summed E-state index contributed by atoms with van der Waals surface area (Å²) in [5.41, 5.74) is 0.923. The van der Waals surface area contributed by atoms with Crippen LogP contribution in [0.15, 0.2) is 43.0 Å². The molecule has 1 amide bonds. The Morgan fingerprint density at radius 3 is 2.65 bits per heavy atom. The highest BCUT2D eigenvalue weighted by atomic mass is 16.6. The molecule has 1 saturated heterocycles. The molecule has 1 heterocycles. The third kappa shape index (κ3) is 2.82. The van der Waals surface area contributed by atoms with E-state index < -0.39 is 18.1 Å². The van der Waals surface area contributed by atoms with E-state index in [0.717, 1.165) is 5.56 Å². The zero-order valence-corrected chi connectivity index (χ0v) is 11.1. The zero-order valence-electron chi connectivity index (χ0n) is 11.1. The van der Waals surface area contributed by atoms with E-state index in [0.29, 0.717) is 12.8 Å². The molecule has 5 heteroatoms. The topological polar surface area (TPSA) is 66.8 Å². The summed E-state index contributed by atoms with van der Waals surface area (Å²) < 4.78 is 5.01. The number of hydrogen-bond acceptors (Lipinski definition) is 3. The summed E-state index contributed by atoms with van der Waals surface area (Å²) >= 11 is 0. The van der Waals surface area contributed by atoms with Crippen LogP contribution in [0.5, 0.6) is 0 Å². The predicted molar refractivity (Wildman–Crippen MR) is 73.2 cm³/mol. The minimum absolute atomic E-state index is 0.0726. The first-order chi connectivity index (χ1) is 9.65. The molecule has 0 aromatic heterocycles. The Labute approximate surface area is 117 Å². The summed E-state index contributed by atoms with van der Waals surface area (Å²) in [7, 11) is 0. The van der Waals surface area contributed by atoms with E-state index in [4.69, 9.17) is 4.74 Å². The van der Waals surface area contributed by atoms with Crippen molar-refractivity contribution in [3.8, 4) is 0 Å². The minimum Gasteiger partial charge on any atom is -0.480 e. The number of carbonyl (C=O) groups is 2. The van der Waals surface area contributed by atoms with Crippen molar-refractivity contribution < 1.29 is 19.4 Å². The van der Waals surface area contributed by atoms with Gasteiger partial charge in [0, 0.05) is 0 Å². The number of amides is 1. The molecule has 20 heavy (non-hydrogen) atoms. The maximum absolute atomic E-state index is 12.1. The van der Waals surface area contributed by atoms with Crippen LogP contribution in [0.3, 0.4) is 0 Å². The van der Waals surface area contributed by atoms with Crippen LogP contribution in [-0.4, -0.2) is 34.7 Å². The average Bonchev–Trinajstić information content (AvgIpc) is 2.90. The lowest BCUT2D eigenvalue weighted by Gasteiger charge is -2.27. The van der Waals surface area contributed by atoms with Gasteiger partial charge < -0.3 is 9.84 Å². The van der Waals surface area contributed by atoms with Gasteiger partial charge in [-0.05, 0) is 18.4 Å². The van der Waals surface area contributed by atoms with Crippen LogP contribution >= 0.6 is 0 Å². The largest absolute Gasteiger partial charge is 0.480 e. The molecule has 106 valence electrons. The molecule has 0 aliphatic carbocycles. The van der Waals surface area contributed by atoms with E-state index in [1.54, 1.807) is 0 Å². The number of aliphatic carboxylic acids is 1. The second-order valence-corrected chi connectivity index (χ2v) is 4.63. The lowest BCUT2D eigenvalue weighted by atomic mass is 10.1. The summed E-state index contributed by atoms with van der Waals surface area (Å²) in [5, 5.41) is 9.25. The predicted octanol–water partition coefficient (Wildman–Crippen LogP) is 2.60. The van der Waals surface area contributed by atoms with Crippen molar-refractivity contribution in [1.82, 2.24) is 4.90 Å². The van der Waals surface area contributed by atoms with Crippen molar-refractivity contribution in [3.05, 3.63) is 48.6 Å². The normalized spacial score (nSPS) is 21.5.